The van der Waals surface area contributed by atoms with Crippen molar-refractivity contribution in [3.63, 3.8) is 0 Å². The highest BCUT2D eigenvalue weighted by atomic mass is 16.5. The minimum Gasteiger partial charge on any atom is -0.480 e. The Morgan fingerprint density at radius 3 is 2.68 bits per heavy atom. The number of ether oxygens (including phenoxy) is 1. The van der Waals surface area contributed by atoms with Gasteiger partial charge in [-0.2, -0.15) is 0 Å². The standard InChI is InChI=1S/C15H27NO3/c1-3-14(2,13(17)18)16-12-7-10-19-15(11-12)8-5-4-6-9-15/h12,16H,3-11H2,1-2H3,(H,17,18). The molecule has 1 aliphatic carbocycles. The zero-order chi connectivity index (χ0) is 13.9. The van der Waals surface area contributed by atoms with Crippen molar-refractivity contribution in [2.24, 2.45) is 0 Å². The van der Waals surface area contributed by atoms with E-state index in [1.165, 1.54) is 19.3 Å². The molecule has 110 valence electrons. The lowest BCUT2D eigenvalue weighted by Gasteiger charge is -2.45. The van der Waals surface area contributed by atoms with Crippen LogP contribution in [-0.4, -0.2) is 34.9 Å². The van der Waals surface area contributed by atoms with E-state index in [-0.39, 0.29) is 11.6 Å². The van der Waals surface area contributed by atoms with Gasteiger partial charge in [0, 0.05) is 12.6 Å². The molecule has 4 nitrogen and oxygen atoms in total. The molecule has 0 aromatic carbocycles. The van der Waals surface area contributed by atoms with Gasteiger partial charge >= 0.3 is 5.97 Å². The van der Waals surface area contributed by atoms with Crippen LogP contribution in [0.3, 0.4) is 0 Å². The number of carboxylic acid groups (broad SMARTS) is 1. The van der Waals surface area contributed by atoms with E-state index in [9.17, 15) is 9.90 Å². The van der Waals surface area contributed by atoms with Gasteiger partial charge in [-0.3, -0.25) is 10.1 Å². The van der Waals surface area contributed by atoms with Crippen LogP contribution in [0.15, 0.2) is 0 Å². The van der Waals surface area contributed by atoms with Crippen LogP contribution in [0.5, 0.6) is 0 Å². The zero-order valence-corrected chi connectivity index (χ0v) is 12.2. The molecule has 0 bridgehead atoms. The highest BCUT2D eigenvalue weighted by Gasteiger charge is 2.41. The SMILES string of the molecule is CCC(C)(NC1CCOC2(CCCCC2)C1)C(=O)O. The van der Waals surface area contributed by atoms with Crippen LogP contribution in [0.1, 0.15) is 65.2 Å². The van der Waals surface area contributed by atoms with Gasteiger partial charge in [-0.05, 0) is 39.0 Å². The molecule has 2 atom stereocenters. The van der Waals surface area contributed by atoms with Gasteiger partial charge in [0.25, 0.3) is 0 Å². The highest BCUT2D eigenvalue weighted by molar-refractivity contribution is 5.78. The second kappa shape index (κ2) is 5.80. The quantitative estimate of drug-likeness (QED) is 0.824. The van der Waals surface area contributed by atoms with Crippen LogP contribution >= 0.6 is 0 Å². The first kappa shape index (κ1) is 14.8. The molecular weight excluding hydrogens is 242 g/mol. The van der Waals surface area contributed by atoms with Gasteiger partial charge in [-0.1, -0.05) is 26.2 Å². The van der Waals surface area contributed by atoms with Crippen LogP contribution < -0.4 is 5.32 Å². The molecular formula is C15H27NO3. The molecule has 19 heavy (non-hydrogen) atoms. The molecule has 0 amide bonds. The van der Waals surface area contributed by atoms with Gasteiger partial charge in [-0.15, -0.1) is 0 Å². The van der Waals surface area contributed by atoms with Crippen LogP contribution in [0.2, 0.25) is 0 Å². The Morgan fingerprint density at radius 1 is 1.42 bits per heavy atom. The summed E-state index contributed by atoms with van der Waals surface area (Å²) in [6.45, 7) is 4.48. The average molecular weight is 269 g/mol. The Kier molecular flexibility index (Phi) is 4.51. The van der Waals surface area contributed by atoms with E-state index in [0.717, 1.165) is 32.3 Å². The molecule has 4 heteroatoms. The van der Waals surface area contributed by atoms with E-state index >= 15 is 0 Å². The van der Waals surface area contributed by atoms with Crippen molar-refractivity contribution in [3.05, 3.63) is 0 Å². The average Bonchev–Trinajstić information content (AvgIpc) is 2.39. The van der Waals surface area contributed by atoms with E-state index in [0.29, 0.717) is 6.42 Å². The summed E-state index contributed by atoms with van der Waals surface area (Å²) in [5.41, 5.74) is -0.779. The third kappa shape index (κ3) is 3.29. The minimum atomic E-state index is -0.808. The molecule has 0 aromatic heterocycles. The topological polar surface area (TPSA) is 58.6 Å². The number of hydrogen-bond donors (Lipinski definition) is 2. The zero-order valence-electron chi connectivity index (χ0n) is 12.2. The first-order valence-corrected chi connectivity index (χ1v) is 7.65. The first-order valence-electron chi connectivity index (χ1n) is 7.65. The Morgan fingerprint density at radius 2 is 2.11 bits per heavy atom. The van der Waals surface area contributed by atoms with Crippen molar-refractivity contribution in [1.82, 2.24) is 5.32 Å². The normalized spacial score (nSPS) is 29.9. The summed E-state index contributed by atoms with van der Waals surface area (Å²) in [5, 5.41) is 12.7. The third-order valence-electron chi connectivity index (χ3n) is 4.96. The Balaban J connectivity index is 1.99. The van der Waals surface area contributed by atoms with Gasteiger partial charge < -0.3 is 9.84 Å². The number of hydrogen-bond acceptors (Lipinski definition) is 3. The van der Waals surface area contributed by atoms with Crippen molar-refractivity contribution < 1.29 is 14.6 Å². The fraction of sp³-hybridized carbons (Fsp3) is 0.933. The second-order valence-corrected chi connectivity index (χ2v) is 6.42. The maximum Gasteiger partial charge on any atom is 0.323 e. The maximum atomic E-state index is 11.4. The fourth-order valence-electron chi connectivity index (χ4n) is 3.46. The predicted molar refractivity (Wildman–Crippen MR) is 74.3 cm³/mol. The summed E-state index contributed by atoms with van der Waals surface area (Å²) in [6, 6.07) is 0.271. The summed E-state index contributed by atoms with van der Waals surface area (Å²) in [5.74, 6) is -0.751. The van der Waals surface area contributed by atoms with Crippen LogP contribution in [0.4, 0.5) is 0 Å². The molecule has 1 heterocycles. The Hall–Kier alpha value is -0.610. The fourth-order valence-corrected chi connectivity index (χ4v) is 3.46. The highest BCUT2D eigenvalue weighted by Crippen LogP contribution is 2.39. The van der Waals surface area contributed by atoms with E-state index in [4.69, 9.17) is 4.74 Å². The number of carbonyl (C=O) groups is 1. The number of rotatable bonds is 4. The summed E-state index contributed by atoms with van der Waals surface area (Å²) < 4.78 is 6.06. The molecule has 2 fully saturated rings. The monoisotopic (exact) mass is 269 g/mol. The van der Waals surface area contributed by atoms with Crippen LogP contribution in [-0.2, 0) is 9.53 Å². The smallest absolute Gasteiger partial charge is 0.323 e. The number of nitrogens with one attached hydrogen (secondary N) is 1. The minimum absolute atomic E-state index is 0.0291. The third-order valence-corrected chi connectivity index (χ3v) is 4.96. The van der Waals surface area contributed by atoms with Gasteiger partial charge in [0.15, 0.2) is 0 Å². The van der Waals surface area contributed by atoms with Gasteiger partial charge in [0.05, 0.1) is 5.60 Å². The molecule has 1 spiro atoms. The molecule has 1 aliphatic heterocycles. The van der Waals surface area contributed by atoms with Gasteiger partial charge in [0.1, 0.15) is 5.54 Å². The van der Waals surface area contributed by atoms with E-state index < -0.39 is 11.5 Å². The summed E-state index contributed by atoms with van der Waals surface area (Å²) in [4.78, 5) is 11.4. The van der Waals surface area contributed by atoms with Crippen molar-refractivity contribution in [2.75, 3.05) is 6.61 Å². The van der Waals surface area contributed by atoms with Crippen molar-refractivity contribution in [2.45, 2.75) is 82.4 Å². The second-order valence-electron chi connectivity index (χ2n) is 6.42. The van der Waals surface area contributed by atoms with E-state index in [1.807, 2.05) is 6.92 Å². The molecule has 2 aliphatic rings. The summed E-state index contributed by atoms with van der Waals surface area (Å²) >= 11 is 0. The molecule has 2 rings (SSSR count). The van der Waals surface area contributed by atoms with Crippen LogP contribution in [0.25, 0.3) is 0 Å². The van der Waals surface area contributed by atoms with Crippen LogP contribution in [0, 0.1) is 0 Å². The molecule has 1 saturated carbocycles. The molecule has 2 N–H and O–H groups in total. The van der Waals surface area contributed by atoms with Gasteiger partial charge in [-0.25, -0.2) is 0 Å². The van der Waals surface area contributed by atoms with Crippen molar-refractivity contribution in [1.29, 1.82) is 0 Å². The van der Waals surface area contributed by atoms with Gasteiger partial charge in [0.2, 0.25) is 0 Å². The largest absolute Gasteiger partial charge is 0.480 e. The maximum absolute atomic E-state index is 11.4. The lowest BCUT2D eigenvalue weighted by molar-refractivity contribution is -0.147. The molecule has 0 radical (unpaired) electrons. The number of aliphatic carboxylic acids is 1. The molecule has 1 saturated heterocycles. The van der Waals surface area contributed by atoms with E-state index in [2.05, 4.69) is 5.32 Å². The lowest BCUT2D eigenvalue weighted by Crippen LogP contribution is -2.57. The predicted octanol–water partition coefficient (Wildman–Crippen LogP) is 2.71. The van der Waals surface area contributed by atoms with Crippen molar-refractivity contribution >= 4 is 5.97 Å². The summed E-state index contributed by atoms with van der Waals surface area (Å²) in [6.07, 6.45) is 8.58. The lowest BCUT2D eigenvalue weighted by atomic mass is 9.77. The molecule has 2 unspecified atom stereocenters. The van der Waals surface area contributed by atoms with Crippen molar-refractivity contribution in [3.8, 4) is 0 Å². The number of carboxylic acids is 1. The molecule has 0 aromatic rings. The Bertz CT molecular complexity index is 320. The first-order chi connectivity index (χ1) is 9.00. The Labute approximate surface area is 115 Å². The van der Waals surface area contributed by atoms with E-state index in [1.54, 1.807) is 6.92 Å². The summed E-state index contributed by atoms with van der Waals surface area (Å²) in [7, 11) is 0.